The lowest BCUT2D eigenvalue weighted by atomic mass is 9.79. The molecule has 0 N–H and O–H groups in total. The minimum Gasteiger partial charge on any atom is -0.399 e. The van der Waals surface area contributed by atoms with Gasteiger partial charge in [0.25, 0.3) is 0 Å². The molecule has 2 aromatic carbocycles. The van der Waals surface area contributed by atoms with E-state index >= 15 is 0 Å². The number of nitrogens with zero attached hydrogens (tertiary/aromatic N) is 2. The van der Waals surface area contributed by atoms with Crippen molar-refractivity contribution in [3.8, 4) is 0 Å². The van der Waals surface area contributed by atoms with Gasteiger partial charge in [0.15, 0.2) is 0 Å². The summed E-state index contributed by atoms with van der Waals surface area (Å²) in [5.41, 5.74) is 2.45. The van der Waals surface area contributed by atoms with E-state index in [0.717, 1.165) is 50.4 Å². The maximum absolute atomic E-state index is 6.10. The van der Waals surface area contributed by atoms with Crippen LogP contribution in [0.15, 0.2) is 40.9 Å². The summed E-state index contributed by atoms with van der Waals surface area (Å²) in [5, 5.41) is 2.24. The molecule has 36 heavy (non-hydrogen) atoms. The van der Waals surface area contributed by atoms with Crippen molar-refractivity contribution in [1.29, 1.82) is 0 Å². The highest BCUT2D eigenvalue weighted by Crippen LogP contribution is 2.36. The van der Waals surface area contributed by atoms with Crippen LogP contribution in [-0.2, 0) is 31.6 Å². The van der Waals surface area contributed by atoms with Gasteiger partial charge in [0.05, 0.1) is 54.9 Å². The predicted octanol–water partition coefficient (Wildman–Crippen LogP) is 6.03. The van der Waals surface area contributed by atoms with Gasteiger partial charge >= 0.3 is 7.12 Å². The molecule has 3 heterocycles. The first-order chi connectivity index (χ1) is 17.1. The van der Waals surface area contributed by atoms with Crippen LogP contribution in [0.25, 0.3) is 20.4 Å². The summed E-state index contributed by atoms with van der Waals surface area (Å²) in [4.78, 5) is 9.20. The third kappa shape index (κ3) is 6.35. The zero-order chi connectivity index (χ0) is 25.9. The largest absolute Gasteiger partial charge is 0.494 e. The fourth-order valence-corrected chi connectivity index (χ4v) is 5.86. The Morgan fingerprint density at radius 1 is 0.806 bits per heavy atom. The Morgan fingerprint density at radius 2 is 1.31 bits per heavy atom. The van der Waals surface area contributed by atoms with Crippen LogP contribution in [0.3, 0.4) is 0 Å². The van der Waals surface area contributed by atoms with E-state index in [1.54, 1.807) is 36.9 Å². The molecular formula is C26H32BBrN2O4S2. The van der Waals surface area contributed by atoms with Gasteiger partial charge < -0.3 is 18.8 Å². The van der Waals surface area contributed by atoms with E-state index in [4.69, 9.17) is 18.8 Å². The van der Waals surface area contributed by atoms with Crippen molar-refractivity contribution in [2.24, 2.45) is 0 Å². The molecule has 6 nitrogen and oxygen atoms in total. The summed E-state index contributed by atoms with van der Waals surface area (Å²) in [6.07, 6.45) is 1.75. The van der Waals surface area contributed by atoms with Gasteiger partial charge in [0.2, 0.25) is 0 Å². The van der Waals surface area contributed by atoms with Crippen LogP contribution in [0.2, 0.25) is 0 Å². The van der Waals surface area contributed by atoms with E-state index in [9.17, 15) is 0 Å². The molecule has 0 unspecified atom stereocenters. The Hall–Kier alpha value is -1.40. The minimum absolute atomic E-state index is 0.321. The number of rotatable bonds is 7. The Bertz CT molecular complexity index is 1310. The van der Waals surface area contributed by atoms with Crippen LogP contribution >= 0.6 is 38.6 Å². The average Bonchev–Trinajstić information content (AvgIpc) is 3.48. The van der Waals surface area contributed by atoms with Gasteiger partial charge in [-0.25, -0.2) is 9.97 Å². The number of ether oxygens (including phenoxy) is 2. The van der Waals surface area contributed by atoms with Crippen molar-refractivity contribution >= 4 is 71.6 Å². The number of methoxy groups -OCH3 is 2. The molecule has 0 bridgehead atoms. The first-order valence-corrected chi connectivity index (χ1v) is 14.3. The molecule has 0 spiro atoms. The fourth-order valence-electron chi connectivity index (χ4n) is 3.66. The Kier molecular flexibility index (Phi) is 8.87. The van der Waals surface area contributed by atoms with Crippen LogP contribution in [0.1, 0.15) is 37.7 Å². The molecule has 1 aliphatic heterocycles. The van der Waals surface area contributed by atoms with Crippen LogP contribution in [0.5, 0.6) is 0 Å². The monoisotopic (exact) mass is 590 g/mol. The third-order valence-corrected chi connectivity index (χ3v) is 9.10. The van der Waals surface area contributed by atoms with E-state index in [2.05, 4.69) is 77.9 Å². The first-order valence-electron chi connectivity index (χ1n) is 11.9. The lowest BCUT2D eigenvalue weighted by molar-refractivity contribution is 0.00578. The minimum atomic E-state index is -0.335. The molecule has 0 radical (unpaired) electrons. The van der Waals surface area contributed by atoms with Crippen LogP contribution in [0, 0.1) is 0 Å². The second-order valence-corrected chi connectivity index (χ2v) is 12.8. The van der Waals surface area contributed by atoms with Crippen molar-refractivity contribution in [2.45, 2.75) is 51.7 Å². The molecule has 1 saturated heterocycles. The Morgan fingerprint density at radius 3 is 1.83 bits per heavy atom. The number of hydrogen-bond donors (Lipinski definition) is 0. The van der Waals surface area contributed by atoms with Crippen LogP contribution < -0.4 is 5.46 Å². The highest BCUT2D eigenvalue weighted by molar-refractivity contribution is 9.10. The highest BCUT2D eigenvalue weighted by atomic mass is 79.9. The maximum Gasteiger partial charge on any atom is 0.494 e. The lowest BCUT2D eigenvalue weighted by Crippen LogP contribution is -2.41. The quantitative estimate of drug-likeness (QED) is 0.245. The smallest absolute Gasteiger partial charge is 0.399 e. The van der Waals surface area contributed by atoms with Crippen molar-refractivity contribution in [3.05, 3.63) is 50.9 Å². The molecule has 1 fully saturated rings. The van der Waals surface area contributed by atoms with Crippen LogP contribution in [0.4, 0.5) is 0 Å². The van der Waals surface area contributed by atoms with Crippen LogP contribution in [-0.4, -0.2) is 55.7 Å². The molecule has 4 aromatic rings. The summed E-state index contributed by atoms with van der Waals surface area (Å²) >= 11 is 6.88. The van der Waals surface area contributed by atoms with Gasteiger partial charge in [0, 0.05) is 31.5 Å². The molecule has 2 aromatic heterocycles. The topological polar surface area (TPSA) is 62.7 Å². The van der Waals surface area contributed by atoms with E-state index < -0.39 is 0 Å². The summed E-state index contributed by atoms with van der Waals surface area (Å²) in [7, 11) is 3.09. The molecule has 5 rings (SSSR count). The number of fused-ring (bicyclic) bond motifs is 2. The summed E-state index contributed by atoms with van der Waals surface area (Å²) < 4.78 is 25.8. The number of benzene rings is 2. The highest BCUT2D eigenvalue weighted by Gasteiger charge is 2.51. The number of halogens is 1. The molecule has 192 valence electrons. The molecule has 10 heteroatoms. The molecular weight excluding hydrogens is 559 g/mol. The van der Waals surface area contributed by atoms with E-state index in [-0.39, 0.29) is 18.3 Å². The van der Waals surface area contributed by atoms with E-state index in [1.807, 2.05) is 12.1 Å². The van der Waals surface area contributed by atoms with Crippen molar-refractivity contribution in [2.75, 3.05) is 27.4 Å². The summed E-state index contributed by atoms with van der Waals surface area (Å²) in [5.74, 6) is 0. The maximum atomic E-state index is 6.10. The zero-order valence-electron chi connectivity index (χ0n) is 21.6. The predicted molar refractivity (Wildman–Crippen MR) is 154 cm³/mol. The van der Waals surface area contributed by atoms with Gasteiger partial charge in [0.1, 0.15) is 0 Å². The van der Waals surface area contributed by atoms with Crippen molar-refractivity contribution in [3.63, 3.8) is 0 Å². The van der Waals surface area contributed by atoms with E-state index in [1.165, 1.54) is 9.40 Å². The standard InChI is InChI=1S/C16H22BNO3S.C10H10BrNOS/c1-15(2)16(3,4)21-17(20-15)11-6-7-13-12(10-11)18-14(22-13)8-9-19-5;1-13-5-4-10-12-8-6-7(11)2-3-9(8)14-10/h6-7,10H,8-9H2,1-5H3;2-3,6H,4-5H2,1H3. The molecule has 0 aliphatic carbocycles. The van der Waals surface area contributed by atoms with Gasteiger partial charge in [-0.1, -0.05) is 22.0 Å². The molecule has 0 saturated carbocycles. The summed E-state index contributed by atoms with van der Waals surface area (Å²) in [6, 6.07) is 12.4. The molecule has 0 atom stereocenters. The molecule has 1 aliphatic rings. The van der Waals surface area contributed by atoms with Gasteiger partial charge in [-0.2, -0.15) is 0 Å². The second-order valence-electron chi connectivity index (χ2n) is 9.63. The van der Waals surface area contributed by atoms with Crippen molar-refractivity contribution < 1.29 is 18.8 Å². The molecule has 0 amide bonds. The number of aromatic nitrogens is 2. The fraction of sp³-hybridized carbons (Fsp3) is 0.462. The Labute approximate surface area is 229 Å². The normalized spacial score (nSPS) is 16.5. The third-order valence-electron chi connectivity index (χ3n) is 6.42. The average molecular weight is 591 g/mol. The SMILES string of the molecule is COCCc1nc2cc(B3OC(C)(C)C(C)(C)O3)ccc2s1.COCCc1nc2cc(Br)ccc2s1. The van der Waals surface area contributed by atoms with Gasteiger partial charge in [-0.05, 0) is 63.5 Å². The van der Waals surface area contributed by atoms with E-state index in [0.29, 0.717) is 6.61 Å². The lowest BCUT2D eigenvalue weighted by Gasteiger charge is -2.32. The number of hydrogen-bond acceptors (Lipinski definition) is 8. The summed E-state index contributed by atoms with van der Waals surface area (Å²) in [6.45, 7) is 9.70. The first kappa shape index (κ1) is 27.6. The van der Waals surface area contributed by atoms with Crippen molar-refractivity contribution in [1.82, 2.24) is 9.97 Å². The van der Waals surface area contributed by atoms with Gasteiger partial charge in [-0.15, -0.1) is 22.7 Å². The zero-order valence-corrected chi connectivity index (χ0v) is 24.8. The number of thiazole rings is 2. The second kappa shape index (κ2) is 11.6. The Balaban J connectivity index is 0.000000187. The van der Waals surface area contributed by atoms with Gasteiger partial charge in [-0.3, -0.25) is 0 Å².